The molecule has 3 N–H and O–H groups in total. The highest BCUT2D eigenvalue weighted by Crippen LogP contribution is 2.27. The zero-order chi connectivity index (χ0) is 17.0. The minimum atomic E-state index is -0.193. The number of nitrogens with two attached hydrogens (primary N) is 1. The fourth-order valence-electron chi connectivity index (χ4n) is 2.96. The summed E-state index contributed by atoms with van der Waals surface area (Å²) in [5.74, 6) is 0.0405. The molecule has 0 aromatic heterocycles. The van der Waals surface area contributed by atoms with Crippen LogP contribution in [0.2, 0.25) is 0 Å². The Balaban J connectivity index is 0.00000288. The third kappa shape index (κ3) is 5.76. The highest BCUT2D eigenvalue weighted by atomic mass is 79.9. The van der Waals surface area contributed by atoms with Crippen LogP contribution in [0.25, 0.3) is 0 Å². The Bertz CT molecular complexity index is 597. The zero-order valence-corrected chi connectivity index (χ0v) is 16.5. The van der Waals surface area contributed by atoms with Crippen LogP contribution in [0.3, 0.4) is 0 Å². The van der Waals surface area contributed by atoms with E-state index in [1.807, 2.05) is 25.1 Å². The van der Waals surface area contributed by atoms with Crippen molar-refractivity contribution in [1.82, 2.24) is 4.90 Å². The second-order valence-electron chi connectivity index (χ2n) is 6.32. The maximum atomic E-state index is 12.2. The van der Waals surface area contributed by atoms with Crippen molar-refractivity contribution in [3.05, 3.63) is 28.2 Å². The highest BCUT2D eigenvalue weighted by molar-refractivity contribution is 9.10. The molecule has 134 valence electrons. The number of hydrogen-bond donors (Lipinski definition) is 2. The Morgan fingerprint density at radius 3 is 2.67 bits per heavy atom. The predicted molar refractivity (Wildman–Crippen MR) is 102 cm³/mol. The summed E-state index contributed by atoms with van der Waals surface area (Å²) in [6.45, 7) is 1.98. The molecule has 1 fully saturated rings. The molecule has 24 heavy (non-hydrogen) atoms. The van der Waals surface area contributed by atoms with Crippen LogP contribution in [0, 0.1) is 12.8 Å². The Labute approximate surface area is 157 Å². The number of hydrogen-bond acceptors (Lipinski definition) is 3. The Morgan fingerprint density at radius 2 is 2.08 bits per heavy atom. The van der Waals surface area contributed by atoms with Gasteiger partial charge in [-0.15, -0.1) is 12.4 Å². The standard InChI is InChI=1S/C17H24BrN3O2.ClH/c1-11-8-13(18)6-7-15(11)20-16(22)10-21(2)17(23)9-12-4-3-5-14(12)19;/h6-8,12,14H,3-5,9-10,19H2,1-2H3,(H,20,22);1H/t12-,14+;/m0./s1. The van der Waals surface area contributed by atoms with Gasteiger partial charge < -0.3 is 16.0 Å². The van der Waals surface area contributed by atoms with Crippen molar-refractivity contribution in [2.24, 2.45) is 11.7 Å². The van der Waals surface area contributed by atoms with Crippen LogP contribution >= 0.6 is 28.3 Å². The number of nitrogens with one attached hydrogen (secondary N) is 1. The molecule has 7 heteroatoms. The maximum Gasteiger partial charge on any atom is 0.243 e. The topological polar surface area (TPSA) is 75.4 Å². The number of anilines is 1. The average Bonchev–Trinajstić information content (AvgIpc) is 2.87. The van der Waals surface area contributed by atoms with Gasteiger partial charge in [-0.05, 0) is 49.4 Å². The lowest BCUT2D eigenvalue weighted by Gasteiger charge is -2.21. The van der Waals surface area contributed by atoms with Crippen molar-refractivity contribution < 1.29 is 9.59 Å². The molecule has 5 nitrogen and oxygen atoms in total. The van der Waals surface area contributed by atoms with Crippen LogP contribution < -0.4 is 11.1 Å². The van der Waals surface area contributed by atoms with E-state index < -0.39 is 0 Å². The molecule has 0 aliphatic heterocycles. The molecule has 0 heterocycles. The summed E-state index contributed by atoms with van der Waals surface area (Å²) in [6, 6.07) is 5.77. The van der Waals surface area contributed by atoms with Gasteiger partial charge in [0.1, 0.15) is 0 Å². The predicted octanol–water partition coefficient (Wildman–Crippen LogP) is 3.09. The SMILES string of the molecule is Cc1cc(Br)ccc1NC(=O)CN(C)C(=O)C[C@@H]1CCC[C@H]1N.Cl. The molecular formula is C17H25BrClN3O2. The number of benzene rings is 1. The minimum absolute atomic E-state index is 0. The van der Waals surface area contributed by atoms with Gasteiger partial charge in [-0.25, -0.2) is 0 Å². The average molecular weight is 419 g/mol. The molecule has 2 amide bonds. The van der Waals surface area contributed by atoms with E-state index in [9.17, 15) is 9.59 Å². The number of amides is 2. The molecule has 0 saturated heterocycles. The van der Waals surface area contributed by atoms with E-state index in [4.69, 9.17) is 5.73 Å². The van der Waals surface area contributed by atoms with Crippen LogP contribution in [0.1, 0.15) is 31.2 Å². The second-order valence-corrected chi connectivity index (χ2v) is 7.23. The van der Waals surface area contributed by atoms with Crippen LogP contribution in [-0.2, 0) is 9.59 Å². The van der Waals surface area contributed by atoms with Crippen molar-refractivity contribution in [2.45, 2.75) is 38.6 Å². The lowest BCUT2D eigenvalue weighted by molar-refractivity contribution is -0.134. The van der Waals surface area contributed by atoms with Crippen molar-refractivity contribution >= 4 is 45.8 Å². The Kier molecular flexibility index (Phi) is 8.19. The molecule has 1 aromatic rings. The molecule has 1 aromatic carbocycles. The van der Waals surface area contributed by atoms with Gasteiger partial charge in [0, 0.05) is 29.7 Å². The van der Waals surface area contributed by atoms with Gasteiger partial charge in [0.05, 0.1) is 6.54 Å². The van der Waals surface area contributed by atoms with E-state index in [1.54, 1.807) is 7.05 Å². The van der Waals surface area contributed by atoms with Gasteiger partial charge >= 0.3 is 0 Å². The molecule has 0 spiro atoms. The number of carbonyl (C=O) groups is 2. The second kappa shape index (κ2) is 9.39. The summed E-state index contributed by atoms with van der Waals surface area (Å²) < 4.78 is 0.966. The molecule has 1 saturated carbocycles. The van der Waals surface area contributed by atoms with Crippen molar-refractivity contribution in [2.75, 3.05) is 18.9 Å². The van der Waals surface area contributed by atoms with E-state index in [0.29, 0.717) is 6.42 Å². The quantitative estimate of drug-likeness (QED) is 0.771. The normalized spacial score (nSPS) is 19.5. The van der Waals surface area contributed by atoms with Crippen LogP contribution in [0.15, 0.2) is 22.7 Å². The van der Waals surface area contributed by atoms with Crippen LogP contribution in [-0.4, -0.2) is 36.3 Å². The van der Waals surface area contributed by atoms with Crippen LogP contribution in [0.4, 0.5) is 5.69 Å². The molecule has 1 aliphatic carbocycles. The summed E-state index contributed by atoms with van der Waals surface area (Å²) in [7, 11) is 1.66. The monoisotopic (exact) mass is 417 g/mol. The first-order chi connectivity index (χ1) is 10.9. The van der Waals surface area contributed by atoms with Crippen molar-refractivity contribution in [1.29, 1.82) is 0 Å². The Hall–Kier alpha value is -1.11. The summed E-state index contributed by atoms with van der Waals surface area (Å²) in [4.78, 5) is 25.8. The third-order valence-electron chi connectivity index (χ3n) is 4.42. The smallest absolute Gasteiger partial charge is 0.243 e. The summed E-state index contributed by atoms with van der Waals surface area (Å²) in [5, 5.41) is 2.85. The first-order valence-corrected chi connectivity index (χ1v) is 8.71. The lowest BCUT2D eigenvalue weighted by atomic mass is 9.99. The number of nitrogens with zero attached hydrogens (tertiary/aromatic N) is 1. The van der Waals surface area contributed by atoms with Crippen LogP contribution in [0.5, 0.6) is 0 Å². The molecule has 0 bridgehead atoms. The van der Waals surface area contributed by atoms with E-state index >= 15 is 0 Å². The van der Waals surface area contributed by atoms with Gasteiger partial charge in [-0.2, -0.15) is 0 Å². The largest absolute Gasteiger partial charge is 0.336 e. The number of halogens is 2. The summed E-state index contributed by atoms with van der Waals surface area (Å²) in [6.07, 6.45) is 3.52. The van der Waals surface area contributed by atoms with E-state index in [-0.39, 0.29) is 42.7 Å². The van der Waals surface area contributed by atoms with Crippen molar-refractivity contribution in [3.8, 4) is 0 Å². The number of likely N-dealkylation sites (N-methyl/N-ethyl adjacent to an activating group) is 1. The van der Waals surface area contributed by atoms with Gasteiger partial charge in [-0.3, -0.25) is 9.59 Å². The number of carbonyl (C=O) groups excluding carboxylic acids is 2. The number of aryl methyl sites for hydroxylation is 1. The van der Waals surface area contributed by atoms with Gasteiger partial charge in [0.25, 0.3) is 0 Å². The zero-order valence-electron chi connectivity index (χ0n) is 14.0. The fraction of sp³-hybridized carbons (Fsp3) is 0.529. The van der Waals surface area contributed by atoms with E-state index in [0.717, 1.165) is 35.0 Å². The molecular weight excluding hydrogens is 394 g/mol. The fourth-order valence-corrected chi connectivity index (χ4v) is 3.44. The molecule has 1 aliphatic rings. The van der Waals surface area contributed by atoms with E-state index in [2.05, 4.69) is 21.2 Å². The minimum Gasteiger partial charge on any atom is -0.336 e. The molecule has 0 unspecified atom stereocenters. The molecule has 0 radical (unpaired) electrons. The molecule has 2 atom stereocenters. The first-order valence-electron chi connectivity index (χ1n) is 7.92. The maximum absolute atomic E-state index is 12.2. The number of rotatable bonds is 5. The van der Waals surface area contributed by atoms with Crippen molar-refractivity contribution in [3.63, 3.8) is 0 Å². The highest BCUT2D eigenvalue weighted by Gasteiger charge is 2.27. The molecule has 2 rings (SSSR count). The van der Waals surface area contributed by atoms with Gasteiger partial charge in [0.15, 0.2) is 0 Å². The van der Waals surface area contributed by atoms with Gasteiger partial charge in [-0.1, -0.05) is 22.4 Å². The lowest BCUT2D eigenvalue weighted by Crippen LogP contribution is -2.37. The van der Waals surface area contributed by atoms with Gasteiger partial charge in [0.2, 0.25) is 11.8 Å². The Morgan fingerprint density at radius 1 is 1.38 bits per heavy atom. The van der Waals surface area contributed by atoms with E-state index in [1.165, 1.54) is 4.90 Å². The third-order valence-corrected chi connectivity index (χ3v) is 4.92. The summed E-state index contributed by atoms with van der Waals surface area (Å²) in [5.41, 5.74) is 7.74. The summed E-state index contributed by atoms with van der Waals surface area (Å²) >= 11 is 3.39. The first kappa shape index (κ1) is 20.9.